The van der Waals surface area contributed by atoms with Gasteiger partial charge in [-0.25, -0.2) is 0 Å². The second kappa shape index (κ2) is 11.4. The fraction of sp³-hybridized carbons (Fsp3) is 0.611. The number of benzene rings is 1. The van der Waals surface area contributed by atoms with Gasteiger partial charge in [0, 0.05) is 6.54 Å². The van der Waals surface area contributed by atoms with E-state index >= 15 is 0 Å². The van der Waals surface area contributed by atoms with E-state index in [9.17, 15) is 5.11 Å². The van der Waals surface area contributed by atoms with Crippen LogP contribution in [-0.4, -0.2) is 22.8 Å². The van der Waals surface area contributed by atoms with Crippen LogP contribution in [0, 0.1) is 0 Å². The Hall–Kier alpha value is -1.13. The fourth-order valence-corrected chi connectivity index (χ4v) is 2.67. The van der Waals surface area contributed by atoms with Crippen molar-refractivity contribution < 1.29 is 5.11 Å². The van der Waals surface area contributed by atoms with E-state index in [4.69, 9.17) is 12.2 Å². The van der Waals surface area contributed by atoms with Gasteiger partial charge < -0.3 is 15.7 Å². The molecule has 0 aromatic heterocycles. The molecule has 0 aliphatic carbocycles. The van der Waals surface area contributed by atoms with Crippen LogP contribution in [0.5, 0.6) is 0 Å². The van der Waals surface area contributed by atoms with E-state index in [1.54, 1.807) is 0 Å². The van der Waals surface area contributed by atoms with Gasteiger partial charge in [0.2, 0.25) is 0 Å². The fourth-order valence-electron chi connectivity index (χ4n) is 2.38. The first-order valence-corrected chi connectivity index (χ1v) is 8.83. The zero-order valence-corrected chi connectivity index (χ0v) is 14.7. The zero-order valence-electron chi connectivity index (χ0n) is 13.8. The summed E-state index contributed by atoms with van der Waals surface area (Å²) in [5.41, 5.74) is 0.904. The van der Waals surface area contributed by atoms with Gasteiger partial charge in [0.1, 0.15) is 0 Å². The molecule has 0 heterocycles. The Morgan fingerprint density at radius 2 is 1.73 bits per heavy atom. The van der Waals surface area contributed by atoms with Crippen LogP contribution in [0.1, 0.15) is 64.0 Å². The van der Waals surface area contributed by atoms with E-state index in [0.29, 0.717) is 5.11 Å². The highest BCUT2D eigenvalue weighted by atomic mass is 32.1. The second-order valence-corrected chi connectivity index (χ2v) is 6.22. The number of aliphatic hydroxyl groups is 1. The monoisotopic (exact) mass is 322 g/mol. The molecular formula is C18H30N2OS. The van der Waals surface area contributed by atoms with E-state index < -0.39 is 6.10 Å². The van der Waals surface area contributed by atoms with Crippen molar-refractivity contribution in [2.45, 2.75) is 64.5 Å². The van der Waals surface area contributed by atoms with Crippen LogP contribution >= 0.6 is 12.2 Å². The topological polar surface area (TPSA) is 44.3 Å². The van der Waals surface area contributed by atoms with Crippen molar-refractivity contribution in [3.63, 3.8) is 0 Å². The molecule has 0 saturated heterocycles. The predicted octanol–water partition coefficient (Wildman–Crippen LogP) is 3.93. The number of thiocarbonyl (C=S) groups is 1. The molecule has 0 amide bonds. The lowest BCUT2D eigenvalue weighted by molar-refractivity contribution is 0.145. The third kappa shape index (κ3) is 7.76. The molecule has 3 N–H and O–H groups in total. The molecule has 2 atom stereocenters. The summed E-state index contributed by atoms with van der Waals surface area (Å²) in [5.74, 6) is 0. The quantitative estimate of drug-likeness (QED) is 0.451. The predicted molar refractivity (Wildman–Crippen MR) is 98.0 cm³/mol. The molecule has 0 saturated carbocycles. The molecular weight excluding hydrogens is 292 g/mol. The number of aliphatic hydroxyl groups excluding tert-OH is 1. The SMILES string of the molecule is CCCCCCCCNC(=S)NC(C)C(O)c1ccccc1. The van der Waals surface area contributed by atoms with Crippen LogP contribution in [0.2, 0.25) is 0 Å². The Morgan fingerprint density at radius 1 is 1.09 bits per heavy atom. The van der Waals surface area contributed by atoms with Crippen molar-refractivity contribution in [2.75, 3.05) is 6.54 Å². The Morgan fingerprint density at radius 3 is 2.41 bits per heavy atom. The summed E-state index contributed by atoms with van der Waals surface area (Å²) in [6.45, 7) is 5.07. The zero-order chi connectivity index (χ0) is 16.2. The minimum absolute atomic E-state index is 0.119. The van der Waals surface area contributed by atoms with Gasteiger partial charge in [0.05, 0.1) is 12.1 Å². The molecule has 0 aliphatic heterocycles. The summed E-state index contributed by atoms with van der Waals surface area (Å²) < 4.78 is 0. The van der Waals surface area contributed by atoms with Crippen molar-refractivity contribution in [1.29, 1.82) is 0 Å². The van der Waals surface area contributed by atoms with Gasteiger partial charge >= 0.3 is 0 Å². The lowest BCUT2D eigenvalue weighted by Gasteiger charge is -2.22. The van der Waals surface area contributed by atoms with Crippen LogP contribution in [0.15, 0.2) is 30.3 Å². The minimum Gasteiger partial charge on any atom is -0.386 e. The van der Waals surface area contributed by atoms with Gasteiger partial charge in [0.25, 0.3) is 0 Å². The maximum atomic E-state index is 10.3. The van der Waals surface area contributed by atoms with Gasteiger partial charge in [-0.1, -0.05) is 69.4 Å². The first-order valence-electron chi connectivity index (χ1n) is 8.42. The molecule has 1 aromatic rings. The Balaban J connectivity index is 2.16. The molecule has 124 valence electrons. The highest BCUT2D eigenvalue weighted by Crippen LogP contribution is 2.15. The normalized spacial score (nSPS) is 13.4. The summed E-state index contributed by atoms with van der Waals surface area (Å²) in [5, 5.41) is 17.3. The largest absolute Gasteiger partial charge is 0.386 e. The van der Waals surface area contributed by atoms with Crippen molar-refractivity contribution in [2.24, 2.45) is 0 Å². The molecule has 0 aliphatic rings. The number of hydrogen-bond donors (Lipinski definition) is 3. The van der Waals surface area contributed by atoms with E-state index in [1.807, 2.05) is 37.3 Å². The molecule has 22 heavy (non-hydrogen) atoms. The van der Waals surface area contributed by atoms with Gasteiger partial charge in [-0.15, -0.1) is 0 Å². The lowest BCUT2D eigenvalue weighted by Crippen LogP contribution is -2.43. The van der Waals surface area contributed by atoms with Gasteiger partial charge in [-0.05, 0) is 31.1 Å². The first kappa shape index (κ1) is 18.9. The molecule has 0 fully saturated rings. The first-order chi connectivity index (χ1) is 10.6. The van der Waals surface area contributed by atoms with E-state index in [2.05, 4.69) is 17.6 Å². The van der Waals surface area contributed by atoms with Crippen molar-refractivity contribution in [1.82, 2.24) is 10.6 Å². The number of hydrogen-bond acceptors (Lipinski definition) is 2. The minimum atomic E-state index is -0.560. The van der Waals surface area contributed by atoms with Crippen molar-refractivity contribution in [3.05, 3.63) is 35.9 Å². The number of nitrogens with one attached hydrogen (secondary N) is 2. The van der Waals surface area contributed by atoms with Gasteiger partial charge in [-0.2, -0.15) is 0 Å². The standard InChI is InChI=1S/C18H30N2OS/c1-3-4-5-6-7-11-14-19-18(22)20-15(2)17(21)16-12-9-8-10-13-16/h8-10,12-13,15,17,21H,3-7,11,14H2,1-2H3,(H2,19,20,22). The number of rotatable bonds is 10. The highest BCUT2D eigenvalue weighted by molar-refractivity contribution is 7.80. The van der Waals surface area contributed by atoms with Crippen LogP contribution in [0.3, 0.4) is 0 Å². The summed E-state index contributed by atoms with van der Waals surface area (Å²) >= 11 is 5.29. The number of unbranched alkanes of at least 4 members (excludes halogenated alkanes) is 5. The Labute approximate surface area is 140 Å². The average Bonchev–Trinajstić information content (AvgIpc) is 2.54. The third-order valence-electron chi connectivity index (χ3n) is 3.79. The van der Waals surface area contributed by atoms with Crippen LogP contribution in [-0.2, 0) is 0 Å². The molecule has 3 nitrogen and oxygen atoms in total. The van der Waals surface area contributed by atoms with Crippen LogP contribution < -0.4 is 10.6 Å². The maximum Gasteiger partial charge on any atom is 0.166 e. The second-order valence-electron chi connectivity index (χ2n) is 5.81. The van der Waals surface area contributed by atoms with Gasteiger partial charge in [-0.3, -0.25) is 0 Å². The van der Waals surface area contributed by atoms with Crippen molar-refractivity contribution >= 4 is 17.3 Å². The van der Waals surface area contributed by atoms with Crippen LogP contribution in [0.4, 0.5) is 0 Å². The molecule has 0 bridgehead atoms. The third-order valence-corrected chi connectivity index (χ3v) is 4.05. The van der Waals surface area contributed by atoms with E-state index in [0.717, 1.165) is 18.5 Å². The summed E-state index contributed by atoms with van der Waals surface area (Å²) in [7, 11) is 0. The highest BCUT2D eigenvalue weighted by Gasteiger charge is 2.16. The molecule has 4 heteroatoms. The Kier molecular flexibility index (Phi) is 9.84. The maximum absolute atomic E-state index is 10.3. The van der Waals surface area contributed by atoms with Crippen LogP contribution in [0.25, 0.3) is 0 Å². The van der Waals surface area contributed by atoms with Gasteiger partial charge in [0.15, 0.2) is 5.11 Å². The molecule has 1 aromatic carbocycles. The average molecular weight is 323 g/mol. The Bertz CT molecular complexity index is 411. The smallest absolute Gasteiger partial charge is 0.166 e. The van der Waals surface area contributed by atoms with E-state index in [-0.39, 0.29) is 6.04 Å². The molecule has 0 spiro atoms. The summed E-state index contributed by atoms with van der Waals surface area (Å²) in [4.78, 5) is 0. The molecule has 0 radical (unpaired) electrons. The lowest BCUT2D eigenvalue weighted by atomic mass is 10.0. The summed E-state index contributed by atoms with van der Waals surface area (Å²) in [6, 6.07) is 9.54. The molecule has 1 rings (SSSR count). The molecule has 2 unspecified atom stereocenters. The van der Waals surface area contributed by atoms with E-state index in [1.165, 1.54) is 32.1 Å². The van der Waals surface area contributed by atoms with Crippen molar-refractivity contribution in [3.8, 4) is 0 Å². The summed E-state index contributed by atoms with van der Waals surface area (Å²) in [6.07, 6.45) is 7.09.